The molecule has 0 aromatic carbocycles. The fourth-order valence-electron chi connectivity index (χ4n) is 3.21. The lowest BCUT2D eigenvalue weighted by molar-refractivity contribution is -0.146. The quantitative estimate of drug-likeness (QED) is 0.833. The van der Waals surface area contributed by atoms with Crippen LogP contribution in [0, 0.1) is 35.0 Å². The van der Waals surface area contributed by atoms with E-state index in [0.29, 0.717) is 10.6 Å². The zero-order valence-corrected chi connectivity index (χ0v) is 11.3. The van der Waals surface area contributed by atoms with Gasteiger partial charge < -0.3 is 10.4 Å². The average molecular weight is 288 g/mol. The average Bonchev–Trinajstić information content (AvgIpc) is 3.12. The molecule has 2 bridgehead atoms. The van der Waals surface area contributed by atoms with Gasteiger partial charge in [-0.25, -0.2) is 0 Å². The third kappa shape index (κ3) is 1.91. The Balaban J connectivity index is 1.82. The van der Waals surface area contributed by atoms with Gasteiger partial charge in [0, 0.05) is 0 Å². The molecule has 2 N–H and O–H groups in total. The van der Waals surface area contributed by atoms with Crippen molar-refractivity contribution in [2.75, 3.05) is 5.32 Å². The predicted octanol–water partition coefficient (Wildman–Crippen LogP) is 2.08. The number of hydrogen-bond acceptors (Lipinski definition) is 4. The molecule has 6 heteroatoms. The van der Waals surface area contributed by atoms with Gasteiger partial charge in [0.25, 0.3) is 0 Å². The van der Waals surface area contributed by atoms with E-state index in [9.17, 15) is 14.7 Å². The highest BCUT2D eigenvalue weighted by molar-refractivity contribution is 7.14. The smallest absolute Gasteiger partial charge is 0.307 e. The van der Waals surface area contributed by atoms with Crippen LogP contribution in [0.1, 0.15) is 12.0 Å². The van der Waals surface area contributed by atoms with E-state index in [1.54, 1.807) is 11.4 Å². The fraction of sp³-hybridized carbons (Fsp3) is 0.357. The molecule has 2 aliphatic carbocycles. The molecule has 0 saturated heterocycles. The van der Waals surface area contributed by atoms with E-state index in [1.165, 1.54) is 11.3 Å². The highest BCUT2D eigenvalue weighted by Crippen LogP contribution is 2.48. The van der Waals surface area contributed by atoms with Crippen molar-refractivity contribution < 1.29 is 14.7 Å². The number of nitrogens with one attached hydrogen (secondary N) is 1. The third-order valence-corrected chi connectivity index (χ3v) is 4.90. The third-order valence-electron chi connectivity index (χ3n) is 4.07. The number of carboxylic acids is 1. The van der Waals surface area contributed by atoms with Gasteiger partial charge in [-0.05, 0) is 29.7 Å². The Kier molecular flexibility index (Phi) is 3.07. The molecule has 5 nitrogen and oxygen atoms in total. The molecule has 0 spiro atoms. The number of thiophene rings is 1. The highest BCUT2D eigenvalue weighted by Gasteiger charge is 2.51. The number of carboxylic acid groups (broad SMARTS) is 1. The van der Waals surface area contributed by atoms with Crippen LogP contribution >= 0.6 is 11.3 Å². The Hall–Kier alpha value is -2.13. The van der Waals surface area contributed by atoms with Crippen LogP contribution in [0.3, 0.4) is 0 Å². The van der Waals surface area contributed by atoms with Crippen molar-refractivity contribution in [3.63, 3.8) is 0 Å². The van der Waals surface area contributed by atoms with Gasteiger partial charge in [0.05, 0.1) is 17.4 Å². The van der Waals surface area contributed by atoms with E-state index in [-0.39, 0.29) is 17.7 Å². The first kappa shape index (κ1) is 12.9. The molecule has 2 aliphatic rings. The van der Waals surface area contributed by atoms with Gasteiger partial charge in [0.2, 0.25) is 5.91 Å². The highest BCUT2D eigenvalue weighted by atomic mass is 32.1. The molecule has 1 fully saturated rings. The minimum Gasteiger partial charge on any atom is -0.481 e. The van der Waals surface area contributed by atoms with Crippen LogP contribution in [0.5, 0.6) is 0 Å². The Morgan fingerprint density at radius 2 is 2.05 bits per heavy atom. The minimum absolute atomic E-state index is 0.00778. The first-order valence-electron chi connectivity index (χ1n) is 6.31. The monoisotopic (exact) mass is 288 g/mol. The standard InChI is InChI=1S/C14H12N2O3S/c15-6-9-3-4-20-13(9)16-12(17)10-7-1-2-8(5-7)11(10)14(18)19/h1-4,7-8,10-11H,5H2,(H,16,17)(H,18,19)/t7-,8-,10+,11-/m0/s1. The maximum atomic E-state index is 12.4. The number of carbonyl (C=O) groups excluding carboxylic acids is 1. The van der Waals surface area contributed by atoms with Crippen molar-refractivity contribution >= 4 is 28.2 Å². The van der Waals surface area contributed by atoms with Crippen LogP contribution in [0.25, 0.3) is 0 Å². The summed E-state index contributed by atoms with van der Waals surface area (Å²) < 4.78 is 0. The number of amides is 1. The van der Waals surface area contributed by atoms with Crippen molar-refractivity contribution in [1.82, 2.24) is 0 Å². The van der Waals surface area contributed by atoms with Gasteiger partial charge in [-0.1, -0.05) is 12.2 Å². The molecule has 1 amide bonds. The molecular formula is C14H12N2O3S. The van der Waals surface area contributed by atoms with Gasteiger partial charge in [0.15, 0.2) is 0 Å². The van der Waals surface area contributed by atoms with Gasteiger partial charge in [-0.15, -0.1) is 11.3 Å². The number of hydrogen-bond donors (Lipinski definition) is 2. The lowest BCUT2D eigenvalue weighted by atomic mass is 9.82. The second-order valence-electron chi connectivity index (χ2n) is 5.10. The number of nitriles is 1. The van der Waals surface area contributed by atoms with Crippen LogP contribution < -0.4 is 5.32 Å². The summed E-state index contributed by atoms with van der Waals surface area (Å²) in [6.45, 7) is 0. The number of fused-ring (bicyclic) bond motifs is 2. The number of allylic oxidation sites excluding steroid dienone is 2. The molecular weight excluding hydrogens is 276 g/mol. The largest absolute Gasteiger partial charge is 0.481 e. The van der Waals surface area contributed by atoms with Crippen LogP contribution in [-0.4, -0.2) is 17.0 Å². The molecule has 20 heavy (non-hydrogen) atoms. The summed E-state index contributed by atoms with van der Waals surface area (Å²) in [7, 11) is 0. The summed E-state index contributed by atoms with van der Waals surface area (Å²) in [4.78, 5) is 23.7. The molecule has 1 saturated carbocycles. The predicted molar refractivity (Wildman–Crippen MR) is 73.0 cm³/mol. The molecule has 102 valence electrons. The number of rotatable bonds is 3. The summed E-state index contributed by atoms with van der Waals surface area (Å²) in [5, 5.41) is 23.2. The van der Waals surface area contributed by atoms with Crippen LogP contribution in [0.15, 0.2) is 23.6 Å². The van der Waals surface area contributed by atoms with Crippen molar-refractivity contribution in [3.8, 4) is 6.07 Å². The molecule has 0 unspecified atom stereocenters. The first-order valence-corrected chi connectivity index (χ1v) is 7.19. The molecule has 0 aliphatic heterocycles. The van der Waals surface area contributed by atoms with Crippen molar-refractivity contribution in [1.29, 1.82) is 5.26 Å². The summed E-state index contributed by atoms with van der Waals surface area (Å²) >= 11 is 1.27. The normalized spacial score (nSPS) is 30.1. The second-order valence-corrected chi connectivity index (χ2v) is 6.02. The van der Waals surface area contributed by atoms with E-state index in [0.717, 1.165) is 6.42 Å². The van der Waals surface area contributed by atoms with E-state index in [4.69, 9.17) is 5.26 Å². The lowest BCUT2D eigenvalue weighted by Gasteiger charge is -2.23. The van der Waals surface area contributed by atoms with Gasteiger partial charge in [-0.2, -0.15) is 5.26 Å². The molecule has 3 rings (SSSR count). The maximum absolute atomic E-state index is 12.4. The molecule has 1 aromatic heterocycles. The molecule has 1 aromatic rings. The fourth-order valence-corrected chi connectivity index (χ4v) is 3.95. The molecule has 4 atom stereocenters. The van der Waals surface area contributed by atoms with E-state index < -0.39 is 17.8 Å². The summed E-state index contributed by atoms with van der Waals surface area (Å²) in [6, 6.07) is 3.64. The lowest BCUT2D eigenvalue weighted by Crippen LogP contribution is -2.36. The van der Waals surface area contributed by atoms with Crippen LogP contribution in [0.4, 0.5) is 5.00 Å². The number of aliphatic carboxylic acids is 1. The van der Waals surface area contributed by atoms with E-state index >= 15 is 0 Å². The summed E-state index contributed by atoms with van der Waals surface area (Å²) in [6.07, 6.45) is 4.57. The number of carbonyl (C=O) groups is 2. The number of nitrogens with zero attached hydrogens (tertiary/aromatic N) is 1. The van der Waals surface area contributed by atoms with Crippen LogP contribution in [0.2, 0.25) is 0 Å². The molecule has 0 radical (unpaired) electrons. The van der Waals surface area contributed by atoms with E-state index in [2.05, 4.69) is 5.32 Å². The zero-order chi connectivity index (χ0) is 14.3. The van der Waals surface area contributed by atoms with Crippen LogP contribution in [-0.2, 0) is 9.59 Å². The second kappa shape index (κ2) is 4.76. The Morgan fingerprint density at radius 3 is 2.70 bits per heavy atom. The van der Waals surface area contributed by atoms with Gasteiger partial charge >= 0.3 is 5.97 Å². The Bertz CT molecular complexity index is 643. The van der Waals surface area contributed by atoms with Gasteiger partial charge in [0.1, 0.15) is 11.1 Å². The SMILES string of the molecule is N#Cc1ccsc1NC(=O)[C@H]1[C@@H](C(=O)O)[C@H]2C=C[C@H]1C2. The minimum atomic E-state index is -0.923. The number of anilines is 1. The Labute approximate surface area is 119 Å². The van der Waals surface area contributed by atoms with Crippen molar-refractivity contribution in [2.24, 2.45) is 23.7 Å². The van der Waals surface area contributed by atoms with Crippen molar-refractivity contribution in [2.45, 2.75) is 6.42 Å². The molecule has 1 heterocycles. The Morgan fingerprint density at radius 1 is 1.35 bits per heavy atom. The maximum Gasteiger partial charge on any atom is 0.307 e. The first-order chi connectivity index (χ1) is 9.61. The van der Waals surface area contributed by atoms with E-state index in [1.807, 2.05) is 18.2 Å². The summed E-state index contributed by atoms with van der Waals surface area (Å²) in [5.74, 6) is -2.48. The zero-order valence-electron chi connectivity index (χ0n) is 10.4. The van der Waals surface area contributed by atoms with Gasteiger partial charge in [-0.3, -0.25) is 9.59 Å². The van der Waals surface area contributed by atoms with Crippen molar-refractivity contribution in [3.05, 3.63) is 29.2 Å². The topological polar surface area (TPSA) is 90.2 Å². The summed E-state index contributed by atoms with van der Waals surface area (Å²) in [5.41, 5.74) is 0.411.